The van der Waals surface area contributed by atoms with Gasteiger partial charge in [-0.1, -0.05) is 32.0 Å². The quantitative estimate of drug-likeness (QED) is 0.918. The van der Waals surface area contributed by atoms with E-state index in [1.54, 1.807) is 4.31 Å². The molecule has 1 aliphatic heterocycles. The van der Waals surface area contributed by atoms with E-state index in [1.165, 1.54) is 4.31 Å². The van der Waals surface area contributed by atoms with Gasteiger partial charge in [0.1, 0.15) is 0 Å². The SMILES string of the molecule is CCN(CC)S(=O)(=O)N1CC(C)NCc2ccccc21. The molecule has 0 aliphatic carbocycles. The standard InChI is InChI=1S/C14H23N3O2S/c1-4-16(5-2)20(18,19)17-11-12(3)15-10-13-8-6-7-9-14(13)17/h6-9,12,15H,4-5,10-11H2,1-3H3. The van der Waals surface area contributed by atoms with E-state index >= 15 is 0 Å². The fourth-order valence-electron chi connectivity index (χ4n) is 2.51. The zero-order valence-electron chi connectivity index (χ0n) is 12.3. The van der Waals surface area contributed by atoms with Crippen LogP contribution in [0.5, 0.6) is 0 Å². The third kappa shape index (κ3) is 2.82. The summed E-state index contributed by atoms with van der Waals surface area (Å²) in [5.41, 5.74) is 1.81. The molecule has 0 bridgehead atoms. The van der Waals surface area contributed by atoms with Gasteiger partial charge in [-0.2, -0.15) is 12.7 Å². The minimum atomic E-state index is -3.47. The lowest BCUT2D eigenvalue weighted by molar-refractivity contribution is 0.439. The first-order valence-electron chi connectivity index (χ1n) is 7.09. The Kier molecular flexibility index (Phi) is 4.67. The average Bonchev–Trinajstić information content (AvgIpc) is 2.60. The summed E-state index contributed by atoms with van der Waals surface area (Å²) in [4.78, 5) is 0. The molecule has 1 unspecified atom stereocenters. The van der Waals surface area contributed by atoms with Crippen LogP contribution in [0.1, 0.15) is 26.3 Å². The van der Waals surface area contributed by atoms with Gasteiger partial charge >= 0.3 is 10.2 Å². The normalized spacial score (nSPS) is 19.8. The van der Waals surface area contributed by atoms with E-state index in [4.69, 9.17) is 0 Å². The maximum Gasteiger partial charge on any atom is 0.304 e. The molecule has 0 fully saturated rings. The molecule has 1 N–H and O–H groups in total. The smallest absolute Gasteiger partial charge is 0.304 e. The van der Waals surface area contributed by atoms with E-state index in [-0.39, 0.29) is 6.04 Å². The Morgan fingerprint density at radius 1 is 1.30 bits per heavy atom. The molecule has 0 saturated heterocycles. The third-order valence-electron chi connectivity index (χ3n) is 3.65. The number of benzene rings is 1. The molecular weight excluding hydrogens is 274 g/mol. The molecule has 1 aromatic rings. The molecule has 0 aromatic heterocycles. The Morgan fingerprint density at radius 3 is 2.60 bits per heavy atom. The molecule has 2 rings (SSSR count). The number of para-hydroxylation sites is 1. The van der Waals surface area contributed by atoms with Crippen molar-refractivity contribution in [2.75, 3.05) is 23.9 Å². The molecule has 5 nitrogen and oxygen atoms in total. The summed E-state index contributed by atoms with van der Waals surface area (Å²) in [6.45, 7) is 7.87. The average molecular weight is 297 g/mol. The first-order chi connectivity index (χ1) is 9.50. The van der Waals surface area contributed by atoms with Crippen LogP contribution in [0.2, 0.25) is 0 Å². The number of anilines is 1. The number of nitrogens with one attached hydrogen (secondary N) is 1. The van der Waals surface area contributed by atoms with Gasteiger partial charge < -0.3 is 5.32 Å². The van der Waals surface area contributed by atoms with Gasteiger partial charge in [-0.25, -0.2) is 0 Å². The largest absolute Gasteiger partial charge is 0.308 e. The minimum absolute atomic E-state index is 0.118. The number of rotatable bonds is 4. The molecule has 6 heteroatoms. The highest BCUT2D eigenvalue weighted by atomic mass is 32.2. The second kappa shape index (κ2) is 6.11. The van der Waals surface area contributed by atoms with Crippen LogP contribution < -0.4 is 9.62 Å². The van der Waals surface area contributed by atoms with Crippen LogP contribution in [0, 0.1) is 0 Å². The van der Waals surface area contributed by atoms with Crippen molar-refractivity contribution >= 4 is 15.9 Å². The fraction of sp³-hybridized carbons (Fsp3) is 0.571. The lowest BCUT2D eigenvalue weighted by Gasteiger charge is -2.31. The van der Waals surface area contributed by atoms with E-state index < -0.39 is 10.2 Å². The first kappa shape index (κ1) is 15.3. The van der Waals surface area contributed by atoms with Gasteiger partial charge in [0.15, 0.2) is 0 Å². The van der Waals surface area contributed by atoms with Gasteiger partial charge in [0.25, 0.3) is 0 Å². The van der Waals surface area contributed by atoms with Crippen molar-refractivity contribution in [3.8, 4) is 0 Å². The van der Waals surface area contributed by atoms with Gasteiger partial charge in [-0.15, -0.1) is 0 Å². The molecule has 0 saturated carbocycles. The Morgan fingerprint density at radius 2 is 1.95 bits per heavy atom. The zero-order chi connectivity index (χ0) is 14.8. The predicted molar refractivity (Wildman–Crippen MR) is 81.9 cm³/mol. The van der Waals surface area contributed by atoms with Crippen molar-refractivity contribution in [3.05, 3.63) is 29.8 Å². The van der Waals surface area contributed by atoms with Crippen LogP contribution >= 0.6 is 0 Å². The van der Waals surface area contributed by atoms with Crippen LogP contribution in [0.15, 0.2) is 24.3 Å². The number of fused-ring (bicyclic) bond motifs is 1. The van der Waals surface area contributed by atoms with Crippen LogP contribution in [-0.2, 0) is 16.8 Å². The molecule has 1 aliphatic rings. The van der Waals surface area contributed by atoms with Crippen molar-refractivity contribution in [1.82, 2.24) is 9.62 Å². The molecule has 0 radical (unpaired) electrons. The Bertz CT molecular complexity index is 555. The minimum Gasteiger partial charge on any atom is -0.308 e. The highest BCUT2D eigenvalue weighted by Crippen LogP contribution is 2.27. The van der Waals surface area contributed by atoms with Crippen molar-refractivity contribution < 1.29 is 8.42 Å². The van der Waals surface area contributed by atoms with E-state index in [2.05, 4.69) is 5.32 Å². The number of hydrogen-bond acceptors (Lipinski definition) is 3. The molecule has 112 valence electrons. The van der Waals surface area contributed by atoms with Gasteiger partial charge in [0.05, 0.1) is 12.2 Å². The first-order valence-corrected chi connectivity index (χ1v) is 8.49. The summed E-state index contributed by atoms with van der Waals surface area (Å²) in [6, 6.07) is 7.81. The van der Waals surface area contributed by atoms with Crippen molar-refractivity contribution in [2.45, 2.75) is 33.4 Å². The van der Waals surface area contributed by atoms with E-state index in [0.717, 1.165) is 11.3 Å². The maximum absolute atomic E-state index is 12.8. The maximum atomic E-state index is 12.8. The molecule has 1 aromatic carbocycles. The summed E-state index contributed by atoms with van der Waals surface area (Å²) in [7, 11) is -3.47. The van der Waals surface area contributed by atoms with Crippen molar-refractivity contribution in [3.63, 3.8) is 0 Å². The van der Waals surface area contributed by atoms with E-state index in [9.17, 15) is 8.42 Å². The van der Waals surface area contributed by atoms with Crippen molar-refractivity contribution in [1.29, 1.82) is 0 Å². The summed E-state index contributed by atoms with van der Waals surface area (Å²) >= 11 is 0. The second-order valence-corrected chi connectivity index (χ2v) is 6.89. The van der Waals surface area contributed by atoms with Gasteiger partial charge in [-0.05, 0) is 18.6 Å². The Hall–Kier alpha value is -1.11. The van der Waals surface area contributed by atoms with Crippen molar-refractivity contribution in [2.24, 2.45) is 0 Å². The molecule has 1 heterocycles. The Balaban J connectivity index is 2.48. The topological polar surface area (TPSA) is 52.7 Å². The van der Waals surface area contributed by atoms with Crippen LogP contribution in [-0.4, -0.2) is 38.4 Å². The summed E-state index contributed by atoms with van der Waals surface area (Å²) in [5, 5.41) is 3.35. The van der Waals surface area contributed by atoms with Gasteiger partial charge in [0.2, 0.25) is 0 Å². The zero-order valence-corrected chi connectivity index (χ0v) is 13.2. The Labute approximate surface area is 121 Å². The molecule has 0 spiro atoms. The highest BCUT2D eigenvalue weighted by molar-refractivity contribution is 7.90. The predicted octanol–water partition coefficient (Wildman–Crippen LogP) is 1.57. The lowest BCUT2D eigenvalue weighted by atomic mass is 10.2. The molecular formula is C14H23N3O2S. The monoisotopic (exact) mass is 297 g/mol. The lowest BCUT2D eigenvalue weighted by Crippen LogP contribution is -2.47. The third-order valence-corrected chi connectivity index (χ3v) is 5.72. The highest BCUT2D eigenvalue weighted by Gasteiger charge is 2.31. The van der Waals surface area contributed by atoms with Crippen LogP contribution in [0.4, 0.5) is 5.69 Å². The second-order valence-electron chi connectivity index (χ2n) is 5.03. The van der Waals surface area contributed by atoms with Crippen LogP contribution in [0.3, 0.4) is 0 Å². The van der Waals surface area contributed by atoms with Gasteiger partial charge in [-0.3, -0.25) is 4.31 Å². The number of nitrogens with zero attached hydrogens (tertiary/aromatic N) is 2. The van der Waals surface area contributed by atoms with E-state index in [1.807, 2.05) is 45.0 Å². The number of hydrogen-bond donors (Lipinski definition) is 1. The molecule has 1 atom stereocenters. The fourth-order valence-corrected chi connectivity index (χ4v) is 4.28. The van der Waals surface area contributed by atoms with E-state index in [0.29, 0.717) is 26.2 Å². The van der Waals surface area contributed by atoms with Gasteiger partial charge in [0, 0.05) is 25.7 Å². The summed E-state index contributed by atoms with van der Waals surface area (Å²) in [6.07, 6.45) is 0. The molecule has 20 heavy (non-hydrogen) atoms. The summed E-state index contributed by atoms with van der Waals surface area (Å²) < 4.78 is 28.7. The molecule has 0 amide bonds. The summed E-state index contributed by atoms with van der Waals surface area (Å²) in [5.74, 6) is 0. The van der Waals surface area contributed by atoms with Crippen LogP contribution in [0.25, 0.3) is 0 Å².